The highest BCUT2D eigenvalue weighted by atomic mass is 32.2. The monoisotopic (exact) mass is 353 g/mol. The van der Waals surface area contributed by atoms with Crippen LogP contribution in [-0.4, -0.2) is 36.5 Å². The number of carbonyl (C=O) groups excluding carboxylic acids is 1. The zero-order valence-electron chi connectivity index (χ0n) is 14.2. The Morgan fingerprint density at radius 1 is 1.04 bits per heavy atom. The number of piperidine rings is 1. The molecule has 130 valence electrons. The summed E-state index contributed by atoms with van der Waals surface area (Å²) in [6.45, 7) is 3.39. The van der Waals surface area contributed by atoms with Gasteiger partial charge in [-0.25, -0.2) is 0 Å². The maximum absolute atomic E-state index is 12.5. The Labute approximate surface area is 152 Å². The van der Waals surface area contributed by atoms with Crippen molar-refractivity contribution in [3.63, 3.8) is 0 Å². The van der Waals surface area contributed by atoms with Crippen LogP contribution in [0, 0.1) is 5.92 Å². The topological polar surface area (TPSA) is 58.4 Å². The molecular formula is C20H23N3OS. The van der Waals surface area contributed by atoms with Crippen LogP contribution in [0.15, 0.2) is 58.3 Å². The number of nitrogens with zero attached hydrogens (tertiary/aromatic N) is 1. The molecule has 3 N–H and O–H groups in total. The van der Waals surface area contributed by atoms with Crippen molar-refractivity contribution in [2.24, 2.45) is 5.92 Å². The molecule has 2 saturated heterocycles. The van der Waals surface area contributed by atoms with E-state index in [1.165, 1.54) is 19.5 Å². The number of benzene rings is 2. The number of nitrogens with two attached hydrogens (primary N) is 1. The van der Waals surface area contributed by atoms with Gasteiger partial charge in [-0.1, -0.05) is 11.8 Å². The van der Waals surface area contributed by atoms with Crippen molar-refractivity contribution < 1.29 is 4.79 Å². The highest BCUT2D eigenvalue weighted by Gasteiger charge is 2.32. The van der Waals surface area contributed by atoms with E-state index in [0.717, 1.165) is 39.9 Å². The van der Waals surface area contributed by atoms with Crippen LogP contribution >= 0.6 is 11.8 Å². The molecule has 1 unspecified atom stereocenters. The minimum absolute atomic E-state index is 0.0385. The summed E-state index contributed by atoms with van der Waals surface area (Å²) in [5.74, 6) is 0.800. The van der Waals surface area contributed by atoms with E-state index < -0.39 is 0 Å². The lowest BCUT2D eigenvalue weighted by molar-refractivity contribution is 0.0909. The second-order valence-corrected chi connectivity index (χ2v) is 8.16. The first kappa shape index (κ1) is 16.5. The average Bonchev–Trinajstić information content (AvgIpc) is 2.96. The zero-order chi connectivity index (χ0) is 17.2. The van der Waals surface area contributed by atoms with Gasteiger partial charge in [-0.3, -0.25) is 4.79 Å². The van der Waals surface area contributed by atoms with Gasteiger partial charge in [0, 0.05) is 40.2 Å². The summed E-state index contributed by atoms with van der Waals surface area (Å²) in [7, 11) is 0. The number of nitrogens with one attached hydrogen (secondary N) is 1. The maximum Gasteiger partial charge on any atom is 0.251 e. The molecule has 0 radical (unpaired) electrons. The van der Waals surface area contributed by atoms with Gasteiger partial charge in [-0.05, 0) is 73.8 Å². The molecule has 2 aromatic rings. The number of hydrogen-bond acceptors (Lipinski definition) is 4. The van der Waals surface area contributed by atoms with Crippen molar-refractivity contribution in [1.29, 1.82) is 0 Å². The molecule has 25 heavy (non-hydrogen) atoms. The van der Waals surface area contributed by atoms with Crippen LogP contribution < -0.4 is 11.1 Å². The summed E-state index contributed by atoms with van der Waals surface area (Å²) in [5, 5.41) is 3.21. The van der Waals surface area contributed by atoms with Gasteiger partial charge in [0.2, 0.25) is 0 Å². The van der Waals surface area contributed by atoms with E-state index in [0.29, 0.717) is 0 Å². The van der Waals surface area contributed by atoms with E-state index >= 15 is 0 Å². The first-order chi connectivity index (χ1) is 12.2. The fourth-order valence-corrected chi connectivity index (χ4v) is 4.60. The van der Waals surface area contributed by atoms with E-state index in [-0.39, 0.29) is 11.9 Å². The fraction of sp³-hybridized carbons (Fsp3) is 0.350. The summed E-state index contributed by atoms with van der Waals surface area (Å²) >= 11 is 1.67. The standard InChI is InChI=1S/C20H23N3OS/c21-16-3-7-19(8-4-16)25-18-5-1-15(2-6-18)20(24)22-17-11-14-9-10-23(12-14)13-17/h1-8,14,17H,9-13,21H2,(H,22,24)/t14-,17+/m0/s1. The van der Waals surface area contributed by atoms with E-state index in [1.54, 1.807) is 11.8 Å². The number of amides is 1. The summed E-state index contributed by atoms with van der Waals surface area (Å²) < 4.78 is 0. The van der Waals surface area contributed by atoms with Crippen molar-refractivity contribution in [3.05, 3.63) is 54.1 Å². The molecule has 2 aliphatic rings. The summed E-state index contributed by atoms with van der Waals surface area (Å²) in [5.41, 5.74) is 7.21. The van der Waals surface area contributed by atoms with E-state index in [2.05, 4.69) is 10.2 Å². The number of fused-ring (bicyclic) bond motifs is 2. The van der Waals surface area contributed by atoms with Crippen molar-refractivity contribution in [2.45, 2.75) is 28.7 Å². The summed E-state index contributed by atoms with van der Waals surface area (Å²) in [6.07, 6.45) is 2.40. The third kappa shape index (κ3) is 3.99. The molecule has 2 aromatic carbocycles. The highest BCUT2D eigenvalue weighted by molar-refractivity contribution is 7.99. The molecule has 3 atom stereocenters. The molecule has 4 rings (SSSR count). The second kappa shape index (κ2) is 7.10. The second-order valence-electron chi connectivity index (χ2n) is 7.02. The molecule has 0 spiro atoms. The molecule has 0 aromatic heterocycles. The van der Waals surface area contributed by atoms with Crippen LogP contribution in [-0.2, 0) is 0 Å². The van der Waals surface area contributed by atoms with Crippen molar-refractivity contribution in [3.8, 4) is 0 Å². The lowest BCUT2D eigenvalue weighted by atomic mass is 9.96. The van der Waals surface area contributed by atoms with Crippen LogP contribution in [0.2, 0.25) is 0 Å². The van der Waals surface area contributed by atoms with Gasteiger partial charge in [0.1, 0.15) is 0 Å². The smallest absolute Gasteiger partial charge is 0.251 e. The number of anilines is 1. The molecule has 2 fully saturated rings. The third-order valence-corrected chi connectivity index (χ3v) is 6.05. The highest BCUT2D eigenvalue weighted by Crippen LogP contribution is 2.29. The first-order valence-corrected chi connectivity index (χ1v) is 9.64. The third-order valence-electron chi connectivity index (χ3n) is 5.03. The molecule has 0 saturated carbocycles. The molecule has 2 heterocycles. The van der Waals surface area contributed by atoms with Gasteiger partial charge in [-0.2, -0.15) is 0 Å². The quantitative estimate of drug-likeness (QED) is 0.829. The number of hydrogen-bond donors (Lipinski definition) is 2. The summed E-state index contributed by atoms with van der Waals surface area (Å²) in [6, 6.07) is 15.9. The van der Waals surface area contributed by atoms with Gasteiger partial charge in [0.05, 0.1) is 0 Å². The Kier molecular flexibility index (Phi) is 4.68. The Morgan fingerprint density at radius 3 is 2.40 bits per heavy atom. The average molecular weight is 353 g/mol. The van der Waals surface area contributed by atoms with Gasteiger partial charge >= 0.3 is 0 Å². The fourth-order valence-electron chi connectivity index (χ4n) is 3.78. The van der Waals surface area contributed by atoms with Crippen molar-refractivity contribution >= 4 is 23.4 Å². The van der Waals surface area contributed by atoms with Gasteiger partial charge in [0.15, 0.2) is 0 Å². The lowest BCUT2D eigenvalue weighted by Gasteiger charge is -2.30. The molecule has 2 bridgehead atoms. The number of rotatable bonds is 4. The van der Waals surface area contributed by atoms with E-state index in [4.69, 9.17) is 5.73 Å². The Hall–Kier alpha value is -1.98. The Morgan fingerprint density at radius 2 is 1.72 bits per heavy atom. The molecular weight excluding hydrogens is 330 g/mol. The van der Waals surface area contributed by atoms with E-state index in [9.17, 15) is 4.79 Å². The molecule has 5 heteroatoms. The molecule has 1 amide bonds. The van der Waals surface area contributed by atoms with Gasteiger partial charge in [-0.15, -0.1) is 0 Å². The number of carbonyl (C=O) groups is 1. The Balaban J connectivity index is 1.36. The minimum Gasteiger partial charge on any atom is -0.399 e. The molecule has 0 aliphatic carbocycles. The minimum atomic E-state index is 0.0385. The zero-order valence-corrected chi connectivity index (χ0v) is 15.0. The van der Waals surface area contributed by atoms with Crippen LogP contribution in [0.3, 0.4) is 0 Å². The van der Waals surface area contributed by atoms with Crippen LogP contribution in [0.4, 0.5) is 5.69 Å². The van der Waals surface area contributed by atoms with Crippen LogP contribution in [0.5, 0.6) is 0 Å². The normalized spacial score (nSPS) is 24.9. The molecule has 2 aliphatic heterocycles. The van der Waals surface area contributed by atoms with E-state index in [1.807, 2.05) is 48.5 Å². The largest absolute Gasteiger partial charge is 0.399 e. The SMILES string of the molecule is Nc1ccc(Sc2ccc(C(=O)N[C@@H]3C[C@@H]4CCN(C4)C3)cc2)cc1. The summed E-state index contributed by atoms with van der Waals surface area (Å²) in [4.78, 5) is 17.2. The van der Waals surface area contributed by atoms with Crippen molar-refractivity contribution in [2.75, 3.05) is 25.4 Å². The van der Waals surface area contributed by atoms with Crippen LogP contribution in [0.1, 0.15) is 23.2 Å². The lowest BCUT2D eigenvalue weighted by Crippen LogP contribution is -2.47. The van der Waals surface area contributed by atoms with Gasteiger partial charge in [0.25, 0.3) is 5.91 Å². The van der Waals surface area contributed by atoms with Gasteiger partial charge < -0.3 is 16.0 Å². The maximum atomic E-state index is 12.5. The number of nitrogen functional groups attached to an aromatic ring is 1. The first-order valence-electron chi connectivity index (χ1n) is 8.82. The molecule has 4 nitrogen and oxygen atoms in total. The predicted octanol–water partition coefficient (Wildman–Crippen LogP) is 3.24. The van der Waals surface area contributed by atoms with Crippen molar-refractivity contribution in [1.82, 2.24) is 10.2 Å². The predicted molar refractivity (Wildman–Crippen MR) is 102 cm³/mol. The Bertz CT molecular complexity index is 733. The van der Waals surface area contributed by atoms with Crippen LogP contribution in [0.25, 0.3) is 0 Å².